The van der Waals surface area contributed by atoms with Gasteiger partial charge in [-0.15, -0.1) is 0 Å². The van der Waals surface area contributed by atoms with E-state index in [4.69, 9.17) is 7.85 Å². The Morgan fingerprint density at radius 3 is 2.58 bits per heavy atom. The van der Waals surface area contributed by atoms with Crippen LogP contribution in [-0.4, -0.2) is 16.3 Å². The highest BCUT2D eigenvalue weighted by molar-refractivity contribution is 7.90. The lowest BCUT2D eigenvalue weighted by Gasteiger charge is -1.96. The van der Waals surface area contributed by atoms with E-state index in [1.165, 1.54) is 0 Å². The van der Waals surface area contributed by atoms with Gasteiger partial charge in [-0.1, -0.05) is 23.7 Å². The minimum atomic E-state index is -2.88. The molecule has 4 heteroatoms. The predicted molar refractivity (Wildman–Crippen MR) is 48.2 cm³/mol. The second kappa shape index (κ2) is 2.36. The molecule has 0 saturated carbocycles. The van der Waals surface area contributed by atoms with Crippen molar-refractivity contribution in [3.05, 3.63) is 29.3 Å². The van der Waals surface area contributed by atoms with Crippen LogP contribution in [0.1, 0.15) is 11.1 Å². The SMILES string of the molecule is [B]c1ccc2c(c1)CS(=O)(=O)C2. The Bertz CT molecular complexity index is 423. The van der Waals surface area contributed by atoms with Crippen LogP contribution in [-0.2, 0) is 21.3 Å². The predicted octanol–water partition coefficient (Wildman–Crippen LogP) is -0.0912. The molecule has 2 nitrogen and oxygen atoms in total. The summed E-state index contributed by atoms with van der Waals surface area (Å²) in [5.41, 5.74) is 2.38. The lowest BCUT2D eigenvalue weighted by atomic mass is 9.93. The van der Waals surface area contributed by atoms with Crippen LogP contribution in [0.4, 0.5) is 0 Å². The minimum Gasteiger partial charge on any atom is -0.228 e. The highest BCUT2D eigenvalue weighted by atomic mass is 32.2. The molecule has 1 aliphatic heterocycles. The van der Waals surface area contributed by atoms with Crippen molar-refractivity contribution >= 4 is 23.1 Å². The van der Waals surface area contributed by atoms with Gasteiger partial charge in [0.15, 0.2) is 9.84 Å². The molecule has 2 rings (SSSR count). The van der Waals surface area contributed by atoms with Crippen molar-refractivity contribution in [3.8, 4) is 0 Å². The average Bonchev–Trinajstić information content (AvgIpc) is 2.21. The lowest BCUT2D eigenvalue weighted by molar-refractivity contribution is 0.598. The highest BCUT2D eigenvalue weighted by Crippen LogP contribution is 2.23. The molecule has 0 amide bonds. The Kier molecular flexibility index (Phi) is 1.55. The first kappa shape index (κ1) is 7.86. The lowest BCUT2D eigenvalue weighted by Crippen LogP contribution is -2.02. The Morgan fingerprint density at radius 1 is 1.17 bits per heavy atom. The Balaban J connectivity index is 2.56. The maximum Gasteiger partial charge on any atom is 0.158 e. The van der Waals surface area contributed by atoms with Crippen LogP contribution in [0.2, 0.25) is 0 Å². The average molecular weight is 178 g/mol. The van der Waals surface area contributed by atoms with Gasteiger partial charge in [0.2, 0.25) is 0 Å². The molecular formula is C8H7BO2S. The largest absolute Gasteiger partial charge is 0.228 e. The molecule has 0 spiro atoms. The second-order valence-electron chi connectivity index (χ2n) is 3.06. The molecule has 1 aliphatic rings. The molecule has 0 aliphatic carbocycles. The van der Waals surface area contributed by atoms with Gasteiger partial charge < -0.3 is 0 Å². The van der Waals surface area contributed by atoms with Crippen LogP contribution in [0.5, 0.6) is 0 Å². The maximum absolute atomic E-state index is 11.2. The van der Waals surface area contributed by atoms with Gasteiger partial charge in [-0.25, -0.2) is 8.42 Å². The molecule has 0 saturated heterocycles. The van der Waals surface area contributed by atoms with Gasteiger partial charge in [0, 0.05) is 0 Å². The first-order valence-corrected chi connectivity index (χ1v) is 5.47. The van der Waals surface area contributed by atoms with Crippen LogP contribution in [0.3, 0.4) is 0 Å². The summed E-state index contributed by atoms with van der Waals surface area (Å²) in [7, 11) is 2.65. The van der Waals surface area contributed by atoms with Crippen LogP contribution in [0.15, 0.2) is 18.2 Å². The van der Waals surface area contributed by atoms with Crippen molar-refractivity contribution in [3.63, 3.8) is 0 Å². The van der Waals surface area contributed by atoms with E-state index in [1.807, 2.05) is 0 Å². The van der Waals surface area contributed by atoms with Gasteiger partial charge in [-0.3, -0.25) is 0 Å². The van der Waals surface area contributed by atoms with E-state index in [1.54, 1.807) is 18.2 Å². The van der Waals surface area contributed by atoms with Crippen molar-refractivity contribution in [2.45, 2.75) is 11.5 Å². The fourth-order valence-corrected chi connectivity index (χ4v) is 3.05. The molecule has 60 valence electrons. The summed E-state index contributed by atoms with van der Waals surface area (Å²) < 4.78 is 22.3. The molecule has 0 aromatic heterocycles. The summed E-state index contributed by atoms with van der Waals surface area (Å²) in [6.45, 7) is 0. The molecule has 0 bridgehead atoms. The summed E-state index contributed by atoms with van der Waals surface area (Å²) in [4.78, 5) is 0. The zero-order valence-electron chi connectivity index (χ0n) is 6.45. The van der Waals surface area contributed by atoms with Gasteiger partial charge in [0.05, 0.1) is 11.5 Å². The number of sulfone groups is 1. The molecule has 2 radical (unpaired) electrons. The number of benzene rings is 1. The van der Waals surface area contributed by atoms with Gasteiger partial charge in [-0.05, 0) is 11.1 Å². The molecule has 1 heterocycles. The first-order chi connectivity index (χ1) is 5.57. The molecule has 12 heavy (non-hydrogen) atoms. The van der Waals surface area contributed by atoms with Gasteiger partial charge in [0.25, 0.3) is 0 Å². The normalized spacial score (nSPS) is 19.0. The highest BCUT2D eigenvalue weighted by Gasteiger charge is 2.23. The Labute approximate surface area is 72.9 Å². The minimum absolute atomic E-state index is 0.146. The van der Waals surface area contributed by atoms with E-state index in [0.29, 0.717) is 5.46 Å². The molecule has 0 unspecified atom stereocenters. The van der Waals surface area contributed by atoms with E-state index in [0.717, 1.165) is 11.1 Å². The molecule has 0 N–H and O–H groups in total. The Morgan fingerprint density at radius 2 is 1.83 bits per heavy atom. The van der Waals surface area contributed by atoms with E-state index in [2.05, 4.69) is 0 Å². The van der Waals surface area contributed by atoms with Gasteiger partial charge in [0.1, 0.15) is 7.85 Å². The fourth-order valence-electron chi connectivity index (χ4n) is 1.45. The van der Waals surface area contributed by atoms with Crippen molar-refractivity contribution < 1.29 is 8.42 Å². The number of fused-ring (bicyclic) bond motifs is 1. The monoisotopic (exact) mass is 178 g/mol. The van der Waals surface area contributed by atoms with Crippen molar-refractivity contribution in [1.29, 1.82) is 0 Å². The van der Waals surface area contributed by atoms with Crippen LogP contribution in [0, 0.1) is 0 Å². The second-order valence-corrected chi connectivity index (χ2v) is 5.12. The van der Waals surface area contributed by atoms with Crippen molar-refractivity contribution in [2.24, 2.45) is 0 Å². The summed E-state index contributed by atoms with van der Waals surface area (Å²) >= 11 is 0. The molecule has 0 fully saturated rings. The quantitative estimate of drug-likeness (QED) is 0.520. The number of hydrogen-bond donors (Lipinski definition) is 0. The third-order valence-electron chi connectivity index (χ3n) is 1.98. The smallest absolute Gasteiger partial charge is 0.158 e. The van der Waals surface area contributed by atoms with Crippen LogP contribution >= 0.6 is 0 Å². The van der Waals surface area contributed by atoms with Gasteiger partial charge in [-0.2, -0.15) is 0 Å². The molecular weight excluding hydrogens is 171 g/mol. The van der Waals surface area contributed by atoms with Gasteiger partial charge >= 0.3 is 0 Å². The summed E-state index contributed by atoms with van der Waals surface area (Å²) in [5.74, 6) is 0.315. The third-order valence-corrected chi connectivity index (χ3v) is 3.48. The maximum atomic E-state index is 11.2. The van der Waals surface area contributed by atoms with Crippen molar-refractivity contribution in [1.82, 2.24) is 0 Å². The van der Waals surface area contributed by atoms with Crippen LogP contribution < -0.4 is 5.46 Å². The first-order valence-electron chi connectivity index (χ1n) is 3.64. The van der Waals surface area contributed by atoms with Crippen LogP contribution in [0.25, 0.3) is 0 Å². The fraction of sp³-hybridized carbons (Fsp3) is 0.250. The summed E-state index contributed by atoms with van der Waals surface area (Å²) in [6, 6.07) is 5.26. The van der Waals surface area contributed by atoms with E-state index < -0.39 is 9.84 Å². The summed E-state index contributed by atoms with van der Waals surface area (Å²) in [6.07, 6.45) is 0. The van der Waals surface area contributed by atoms with Crippen molar-refractivity contribution in [2.75, 3.05) is 0 Å². The van der Waals surface area contributed by atoms with E-state index in [-0.39, 0.29) is 11.5 Å². The van der Waals surface area contributed by atoms with E-state index in [9.17, 15) is 8.42 Å². The summed E-state index contributed by atoms with van der Waals surface area (Å²) in [5, 5.41) is 0. The topological polar surface area (TPSA) is 34.1 Å². The molecule has 1 aromatic carbocycles. The number of hydrogen-bond acceptors (Lipinski definition) is 2. The zero-order chi connectivity index (χ0) is 8.77. The third kappa shape index (κ3) is 1.27. The molecule has 0 atom stereocenters. The number of rotatable bonds is 0. The van der Waals surface area contributed by atoms with E-state index >= 15 is 0 Å². The molecule has 1 aromatic rings. The zero-order valence-corrected chi connectivity index (χ0v) is 7.26. The Hall–Kier alpha value is -0.765. The standard InChI is InChI=1S/C8H7BO2S/c9-8-2-1-6-4-12(10,11)5-7(6)3-8/h1-3H,4-5H2.